The molecule has 1 fully saturated rings. The minimum absolute atomic E-state index is 0.424. The van der Waals surface area contributed by atoms with Crippen LogP contribution < -0.4 is 5.73 Å². The predicted octanol–water partition coefficient (Wildman–Crippen LogP) is 4.82. The third kappa shape index (κ3) is 3.16. The third-order valence-electron chi connectivity index (χ3n) is 6.24. The summed E-state index contributed by atoms with van der Waals surface area (Å²) < 4.78 is 2.22. The lowest BCUT2D eigenvalue weighted by molar-refractivity contribution is -0.0386. The molecule has 2 aromatic heterocycles. The number of nitrogen functional groups attached to an aromatic ring is 1. The number of carbonyl (C=O) groups is 1. The number of nitrogens with zero attached hydrogens (tertiary/aromatic N) is 4. The van der Waals surface area contributed by atoms with Gasteiger partial charge in [0.1, 0.15) is 11.3 Å². The Balaban J connectivity index is 1.95. The molecule has 0 bridgehead atoms. The Morgan fingerprint density at radius 1 is 1.27 bits per heavy atom. The highest BCUT2D eigenvalue weighted by molar-refractivity contribution is 6.06. The quantitative estimate of drug-likeness (QED) is 0.629. The van der Waals surface area contributed by atoms with Gasteiger partial charge in [-0.25, -0.2) is 14.8 Å². The molecule has 3 aromatic rings. The minimum atomic E-state index is -0.866. The largest absolute Gasteiger partial charge is 0.465 e. The van der Waals surface area contributed by atoms with Crippen molar-refractivity contribution < 1.29 is 9.90 Å². The van der Waals surface area contributed by atoms with E-state index in [1.807, 2.05) is 45.0 Å². The van der Waals surface area contributed by atoms with Crippen molar-refractivity contribution in [2.75, 3.05) is 5.73 Å². The average Bonchev–Trinajstić information content (AvgIpc) is 2.98. The summed E-state index contributed by atoms with van der Waals surface area (Å²) in [5, 5.41) is 11.1. The molecule has 0 atom stereocenters. The smallest absolute Gasteiger partial charge is 0.408 e. The molecule has 0 saturated heterocycles. The second-order valence-corrected chi connectivity index (χ2v) is 9.44. The lowest BCUT2D eigenvalue weighted by Crippen LogP contribution is -2.64. The van der Waals surface area contributed by atoms with Crippen molar-refractivity contribution in [1.82, 2.24) is 19.4 Å². The zero-order valence-electron chi connectivity index (χ0n) is 18.3. The van der Waals surface area contributed by atoms with Crippen LogP contribution in [-0.2, 0) is 13.0 Å². The molecule has 7 heteroatoms. The molecule has 3 N–H and O–H groups in total. The van der Waals surface area contributed by atoms with Gasteiger partial charge in [0, 0.05) is 23.9 Å². The van der Waals surface area contributed by atoms with E-state index in [9.17, 15) is 9.90 Å². The first kappa shape index (κ1) is 20.4. The molecule has 1 aliphatic rings. The number of para-hydroxylation sites is 1. The molecule has 30 heavy (non-hydrogen) atoms. The molecule has 7 nitrogen and oxygen atoms in total. The molecule has 0 unspecified atom stereocenters. The summed E-state index contributed by atoms with van der Waals surface area (Å²) in [4.78, 5) is 23.4. The summed E-state index contributed by atoms with van der Waals surface area (Å²) in [6.07, 6.45) is 3.61. The Kier molecular flexibility index (Phi) is 4.87. The summed E-state index contributed by atoms with van der Waals surface area (Å²) in [7, 11) is 0. The number of hydrogen-bond donors (Lipinski definition) is 2. The molecule has 1 saturated carbocycles. The molecule has 0 aliphatic heterocycles. The van der Waals surface area contributed by atoms with Crippen LogP contribution in [0.4, 0.5) is 10.6 Å². The number of carboxylic acid groups (broad SMARTS) is 1. The van der Waals surface area contributed by atoms with E-state index >= 15 is 0 Å². The van der Waals surface area contributed by atoms with Crippen molar-refractivity contribution in [3.8, 4) is 0 Å². The van der Waals surface area contributed by atoms with Gasteiger partial charge in [-0.15, -0.1) is 0 Å². The van der Waals surface area contributed by atoms with Crippen LogP contribution in [0.3, 0.4) is 0 Å². The van der Waals surface area contributed by atoms with Gasteiger partial charge in [0.2, 0.25) is 0 Å². The molecule has 0 spiro atoms. The Bertz CT molecular complexity index is 1110. The van der Waals surface area contributed by atoms with Crippen molar-refractivity contribution in [3.63, 3.8) is 0 Å². The van der Waals surface area contributed by atoms with Crippen molar-refractivity contribution in [2.24, 2.45) is 0 Å². The van der Waals surface area contributed by atoms with Gasteiger partial charge in [-0.05, 0) is 52.5 Å². The van der Waals surface area contributed by atoms with Crippen LogP contribution in [-0.4, -0.2) is 41.7 Å². The van der Waals surface area contributed by atoms with E-state index in [4.69, 9.17) is 10.7 Å². The maximum Gasteiger partial charge on any atom is 0.408 e. The number of amides is 1. The van der Waals surface area contributed by atoms with Crippen molar-refractivity contribution in [1.29, 1.82) is 0 Å². The molecule has 1 amide bonds. The minimum Gasteiger partial charge on any atom is -0.465 e. The predicted molar refractivity (Wildman–Crippen MR) is 120 cm³/mol. The van der Waals surface area contributed by atoms with E-state index < -0.39 is 17.2 Å². The third-order valence-corrected chi connectivity index (χ3v) is 6.24. The Morgan fingerprint density at radius 3 is 2.53 bits per heavy atom. The first-order valence-corrected chi connectivity index (χ1v) is 10.7. The standard InChI is InChI=1S/C23H31N5O2/c1-5-9-17-26-18-19(15-10-6-7-11-16(15)25-20(18)24)27(17)14-23(12-8-13-23)28(21(29)30)22(2,3)4/h6-7,10-11H,5,8-9,12-14H2,1-4H3,(H2,24,25)(H,29,30). The number of nitrogens with two attached hydrogens (primary N) is 1. The van der Waals surface area contributed by atoms with Crippen molar-refractivity contribution in [2.45, 2.75) is 77.4 Å². The van der Waals surface area contributed by atoms with E-state index in [1.165, 1.54) is 0 Å². The normalized spacial score (nSPS) is 16.0. The number of rotatable bonds is 5. The molecular weight excluding hydrogens is 378 g/mol. The number of fused-ring (bicyclic) bond motifs is 3. The SMILES string of the molecule is CCCc1nc2c(N)nc3ccccc3c2n1CC1(N(C(=O)O)C(C)(C)C)CCC1. The van der Waals surface area contributed by atoms with Gasteiger partial charge in [-0.3, -0.25) is 4.90 Å². The molecule has 2 heterocycles. The van der Waals surface area contributed by atoms with Crippen molar-refractivity contribution in [3.05, 3.63) is 30.1 Å². The highest BCUT2D eigenvalue weighted by Gasteiger charge is 2.50. The van der Waals surface area contributed by atoms with Gasteiger partial charge in [-0.1, -0.05) is 25.1 Å². The topological polar surface area (TPSA) is 97.3 Å². The van der Waals surface area contributed by atoms with Crippen LogP contribution >= 0.6 is 0 Å². The number of hydrogen-bond acceptors (Lipinski definition) is 4. The van der Waals surface area contributed by atoms with E-state index in [1.54, 1.807) is 4.90 Å². The van der Waals surface area contributed by atoms with Gasteiger partial charge in [0.15, 0.2) is 5.82 Å². The summed E-state index contributed by atoms with van der Waals surface area (Å²) in [5.41, 5.74) is 7.87. The second kappa shape index (κ2) is 7.15. The van der Waals surface area contributed by atoms with E-state index in [2.05, 4.69) is 16.5 Å². The van der Waals surface area contributed by atoms with Crippen LogP contribution in [0.15, 0.2) is 24.3 Å². The highest BCUT2D eigenvalue weighted by atomic mass is 16.4. The number of aromatic nitrogens is 3. The Labute approximate surface area is 176 Å². The number of anilines is 1. The zero-order chi connectivity index (χ0) is 21.7. The summed E-state index contributed by atoms with van der Waals surface area (Å²) in [6, 6.07) is 7.95. The first-order valence-electron chi connectivity index (χ1n) is 10.7. The summed E-state index contributed by atoms with van der Waals surface area (Å²) in [5.74, 6) is 1.37. The maximum atomic E-state index is 12.3. The lowest BCUT2D eigenvalue weighted by Gasteiger charge is -2.54. The molecular formula is C23H31N5O2. The Morgan fingerprint density at radius 2 is 1.97 bits per heavy atom. The van der Waals surface area contributed by atoms with Gasteiger partial charge in [0.05, 0.1) is 16.6 Å². The van der Waals surface area contributed by atoms with Gasteiger partial charge >= 0.3 is 6.09 Å². The maximum absolute atomic E-state index is 12.3. The summed E-state index contributed by atoms with van der Waals surface area (Å²) >= 11 is 0. The highest BCUT2D eigenvalue weighted by Crippen LogP contribution is 2.44. The van der Waals surface area contributed by atoms with Crippen LogP contribution in [0, 0.1) is 0 Å². The number of pyridine rings is 1. The monoisotopic (exact) mass is 409 g/mol. The number of imidazole rings is 1. The van der Waals surface area contributed by atoms with Crippen LogP contribution in [0.25, 0.3) is 21.9 Å². The van der Waals surface area contributed by atoms with Gasteiger partial charge < -0.3 is 15.4 Å². The lowest BCUT2D eigenvalue weighted by atomic mass is 9.73. The zero-order valence-corrected chi connectivity index (χ0v) is 18.3. The fourth-order valence-corrected chi connectivity index (χ4v) is 5.02. The van der Waals surface area contributed by atoms with E-state index in [0.29, 0.717) is 17.9 Å². The number of benzene rings is 1. The molecule has 1 aliphatic carbocycles. The summed E-state index contributed by atoms with van der Waals surface area (Å²) in [6.45, 7) is 8.61. The van der Waals surface area contributed by atoms with Crippen LogP contribution in [0.5, 0.6) is 0 Å². The fraction of sp³-hybridized carbons (Fsp3) is 0.522. The van der Waals surface area contributed by atoms with Gasteiger partial charge in [-0.2, -0.15) is 0 Å². The van der Waals surface area contributed by atoms with Crippen molar-refractivity contribution >= 4 is 33.8 Å². The van der Waals surface area contributed by atoms with E-state index in [-0.39, 0.29) is 0 Å². The average molecular weight is 410 g/mol. The van der Waals surface area contributed by atoms with Gasteiger partial charge in [0.25, 0.3) is 0 Å². The van der Waals surface area contributed by atoms with Crippen LogP contribution in [0.1, 0.15) is 59.2 Å². The molecule has 1 aromatic carbocycles. The molecule has 4 rings (SSSR count). The van der Waals surface area contributed by atoms with Crippen LogP contribution in [0.2, 0.25) is 0 Å². The Hall–Kier alpha value is -2.83. The first-order chi connectivity index (χ1) is 14.2. The number of aryl methyl sites for hydroxylation is 1. The van der Waals surface area contributed by atoms with E-state index in [0.717, 1.165) is 54.3 Å². The second-order valence-electron chi connectivity index (χ2n) is 9.44. The molecule has 160 valence electrons. The molecule has 0 radical (unpaired) electrons. The fourth-order valence-electron chi connectivity index (χ4n) is 5.02.